The van der Waals surface area contributed by atoms with Crippen LogP contribution in [0, 0.1) is 11.7 Å². The highest BCUT2D eigenvalue weighted by molar-refractivity contribution is 9.10. The van der Waals surface area contributed by atoms with Crippen LogP contribution < -0.4 is 15.4 Å². The Kier molecular flexibility index (Phi) is 10.7. The van der Waals surface area contributed by atoms with Crippen LogP contribution in [0.25, 0.3) is 11.3 Å². The predicted octanol–water partition coefficient (Wildman–Crippen LogP) is 5.62. The Morgan fingerprint density at radius 1 is 1.05 bits per heavy atom. The average molecular weight is 870 g/mol. The fraction of sp³-hybridized carbons (Fsp3) is 0.462. The highest BCUT2D eigenvalue weighted by Gasteiger charge is 2.62. The first-order valence-corrected chi connectivity index (χ1v) is 22.2. The topological polar surface area (TPSA) is 167 Å². The monoisotopic (exact) mass is 868 g/mol. The number of carbonyl (C=O) groups is 4. The molecule has 56 heavy (non-hydrogen) atoms. The van der Waals surface area contributed by atoms with Gasteiger partial charge in [-0.3, -0.25) is 24.0 Å². The summed E-state index contributed by atoms with van der Waals surface area (Å²) in [6, 6.07) is 10.5. The van der Waals surface area contributed by atoms with Crippen molar-refractivity contribution in [1.82, 2.24) is 24.8 Å². The predicted molar refractivity (Wildman–Crippen MR) is 210 cm³/mol. The number of amides is 4. The number of allylic oxidation sites excluding steroid dienone is 1. The van der Waals surface area contributed by atoms with Gasteiger partial charge in [0.05, 0.1) is 24.0 Å². The van der Waals surface area contributed by atoms with Gasteiger partial charge in [-0.15, -0.1) is 11.3 Å². The normalized spacial score (nSPS) is 26.6. The number of sulfonamides is 1. The highest BCUT2D eigenvalue weighted by atomic mass is 79.9. The maximum absolute atomic E-state index is 14.7. The number of hydrogen-bond acceptors (Lipinski definition) is 10. The second-order valence-electron chi connectivity index (χ2n) is 15.2. The molecular weight excluding hydrogens is 827 g/mol. The number of fused-ring (bicyclic) bond motifs is 3. The van der Waals surface area contributed by atoms with Gasteiger partial charge in [0.1, 0.15) is 29.5 Å². The van der Waals surface area contributed by atoms with Crippen LogP contribution in [0.1, 0.15) is 68.9 Å². The number of benzene rings is 2. The number of nitrogens with zero attached hydrogens (tertiary/aromatic N) is 3. The SMILES string of the molecule is O=C1N[C@]2(C(=O)NS(=O)(=O)C3CC3)C[C@H]2C=CCCCCC[C@H](Nc2nc(-c3ccc(Br)cc3)cs2)C(=O)N2C[C@H](OC(=O)N3Cc4cccc(F)c4C3)C[C@@H]12. The molecule has 5 aliphatic rings. The molecule has 3 aliphatic heterocycles. The van der Waals surface area contributed by atoms with E-state index in [0.717, 1.165) is 28.6 Å². The Labute approximate surface area is 336 Å². The van der Waals surface area contributed by atoms with Crippen molar-refractivity contribution in [1.29, 1.82) is 0 Å². The smallest absolute Gasteiger partial charge is 0.410 e. The first kappa shape index (κ1) is 38.5. The largest absolute Gasteiger partial charge is 0.444 e. The Bertz CT molecular complexity index is 2180. The molecule has 296 valence electrons. The van der Waals surface area contributed by atoms with E-state index >= 15 is 0 Å². The third-order valence-electron chi connectivity index (χ3n) is 11.2. The molecule has 0 radical (unpaired) electrons. The van der Waals surface area contributed by atoms with Crippen LogP contribution in [-0.4, -0.2) is 82.5 Å². The summed E-state index contributed by atoms with van der Waals surface area (Å²) in [6.07, 6.45) is 6.78. The van der Waals surface area contributed by atoms with Gasteiger partial charge in [0.15, 0.2) is 5.13 Å². The molecule has 3 fully saturated rings. The molecule has 0 bridgehead atoms. The number of nitrogens with one attached hydrogen (secondary N) is 3. The molecule has 3 aromatic rings. The number of carbonyl (C=O) groups excluding carboxylic acids is 4. The lowest BCUT2D eigenvalue weighted by atomic mass is 10.1. The minimum atomic E-state index is -3.91. The molecule has 5 atom stereocenters. The van der Waals surface area contributed by atoms with Crippen molar-refractivity contribution in [3.05, 3.63) is 81.4 Å². The Morgan fingerprint density at radius 3 is 2.62 bits per heavy atom. The first-order valence-electron chi connectivity index (χ1n) is 19.0. The molecule has 4 amide bonds. The van der Waals surface area contributed by atoms with E-state index < -0.39 is 74.5 Å². The molecule has 17 heteroatoms. The van der Waals surface area contributed by atoms with E-state index in [9.17, 15) is 32.0 Å². The average Bonchev–Trinajstić information content (AvgIpc) is 3.97. The zero-order chi connectivity index (χ0) is 39.2. The second kappa shape index (κ2) is 15.5. The standard InChI is InChI=1S/C39H42BrFN6O7S2/c40-26-13-11-23(12-14-26)32-22-55-37(43-32)42-31-10-5-3-1-2-4-8-25-18-39(25,36(50)45-56(52,53)28-15-16-28)44-34(48)33-17-27(20-47(33)35(31)49)54-38(51)46-19-24-7-6-9-30(41)29(24)21-46/h4,6-9,11-14,22,25,27-28,31,33H,1-3,5,10,15-21H2,(H,42,43)(H,44,48)(H,45,50)/t25-,27-,31+,33+,39-/m1/s1. The second-order valence-corrected chi connectivity index (χ2v) is 19.0. The van der Waals surface area contributed by atoms with Crippen molar-refractivity contribution in [3.8, 4) is 11.3 Å². The Balaban J connectivity index is 1.06. The Morgan fingerprint density at radius 2 is 1.86 bits per heavy atom. The van der Waals surface area contributed by atoms with Crippen molar-refractivity contribution in [2.45, 2.75) is 99.9 Å². The third-order valence-corrected chi connectivity index (χ3v) is 14.4. The summed E-state index contributed by atoms with van der Waals surface area (Å²) in [5.74, 6) is -2.70. The maximum atomic E-state index is 14.7. The molecule has 8 rings (SSSR count). The fourth-order valence-electron chi connectivity index (χ4n) is 7.82. The van der Waals surface area contributed by atoms with E-state index in [2.05, 4.69) is 31.3 Å². The fourth-order valence-corrected chi connectivity index (χ4v) is 10.2. The summed E-state index contributed by atoms with van der Waals surface area (Å²) in [6.45, 7) is 0.0820. The number of hydrogen-bond donors (Lipinski definition) is 3. The summed E-state index contributed by atoms with van der Waals surface area (Å²) in [5.41, 5.74) is 1.21. The molecule has 3 N–H and O–H groups in total. The van der Waals surface area contributed by atoms with E-state index in [-0.39, 0.29) is 32.5 Å². The lowest BCUT2D eigenvalue weighted by molar-refractivity contribution is -0.140. The van der Waals surface area contributed by atoms with E-state index in [4.69, 9.17) is 9.72 Å². The minimum Gasteiger partial charge on any atom is -0.444 e. The summed E-state index contributed by atoms with van der Waals surface area (Å²) < 4.78 is 49.2. The van der Waals surface area contributed by atoms with Crippen molar-refractivity contribution in [2.24, 2.45) is 5.92 Å². The van der Waals surface area contributed by atoms with Crippen LogP contribution in [0.3, 0.4) is 0 Å². The molecule has 1 saturated heterocycles. The molecule has 1 aromatic heterocycles. The molecule has 13 nitrogen and oxygen atoms in total. The molecule has 0 spiro atoms. The maximum Gasteiger partial charge on any atom is 0.410 e. The third kappa shape index (κ3) is 8.07. The number of thiazole rings is 1. The zero-order valence-corrected chi connectivity index (χ0v) is 33.6. The van der Waals surface area contributed by atoms with Gasteiger partial charge >= 0.3 is 6.09 Å². The number of rotatable bonds is 7. The Hall–Kier alpha value is -4.35. The van der Waals surface area contributed by atoms with Crippen molar-refractivity contribution >= 4 is 66.2 Å². The minimum absolute atomic E-state index is 0.0263. The van der Waals surface area contributed by atoms with Gasteiger partial charge in [-0.25, -0.2) is 22.6 Å². The van der Waals surface area contributed by atoms with E-state index in [1.54, 1.807) is 12.1 Å². The van der Waals surface area contributed by atoms with Gasteiger partial charge in [-0.2, -0.15) is 0 Å². The van der Waals surface area contributed by atoms with Crippen molar-refractivity contribution in [3.63, 3.8) is 0 Å². The number of ether oxygens (including phenoxy) is 1. The lowest BCUT2D eigenvalue weighted by Gasteiger charge is -2.29. The van der Waals surface area contributed by atoms with Gasteiger partial charge in [0.2, 0.25) is 21.8 Å². The molecular formula is C39H42BrFN6O7S2. The molecule has 2 saturated carbocycles. The van der Waals surface area contributed by atoms with Crippen LogP contribution in [0.4, 0.5) is 14.3 Å². The summed E-state index contributed by atoms with van der Waals surface area (Å²) >= 11 is 4.81. The van der Waals surface area contributed by atoms with Gasteiger partial charge in [0, 0.05) is 39.9 Å². The number of aromatic nitrogens is 1. The van der Waals surface area contributed by atoms with Crippen LogP contribution in [0.5, 0.6) is 0 Å². The summed E-state index contributed by atoms with van der Waals surface area (Å²) in [7, 11) is -3.91. The van der Waals surface area contributed by atoms with E-state index in [1.165, 1.54) is 27.2 Å². The molecule has 4 heterocycles. The van der Waals surface area contributed by atoms with Crippen LogP contribution in [0.15, 0.2) is 64.5 Å². The van der Waals surface area contributed by atoms with Gasteiger partial charge in [-0.05, 0) is 62.3 Å². The quantitative estimate of drug-likeness (QED) is 0.256. The molecule has 2 aromatic carbocycles. The zero-order valence-electron chi connectivity index (χ0n) is 30.4. The van der Waals surface area contributed by atoms with Crippen molar-refractivity contribution in [2.75, 3.05) is 11.9 Å². The van der Waals surface area contributed by atoms with Crippen LogP contribution in [-0.2, 0) is 42.2 Å². The molecule has 0 unspecified atom stereocenters. The van der Waals surface area contributed by atoms with Crippen molar-refractivity contribution < 1.29 is 36.7 Å². The van der Waals surface area contributed by atoms with Gasteiger partial charge < -0.3 is 20.3 Å². The van der Waals surface area contributed by atoms with E-state index in [1.807, 2.05) is 41.8 Å². The van der Waals surface area contributed by atoms with Crippen LogP contribution >= 0.6 is 27.3 Å². The van der Waals surface area contributed by atoms with Gasteiger partial charge in [0.25, 0.3) is 5.91 Å². The summed E-state index contributed by atoms with van der Waals surface area (Å²) in [4.78, 5) is 63.8. The number of anilines is 1. The van der Waals surface area contributed by atoms with Gasteiger partial charge in [-0.1, -0.05) is 65.2 Å². The molecule has 2 aliphatic carbocycles. The number of halogens is 2. The lowest BCUT2D eigenvalue weighted by Crippen LogP contribution is -2.57. The van der Waals surface area contributed by atoms with Crippen LogP contribution in [0.2, 0.25) is 0 Å². The highest BCUT2D eigenvalue weighted by Crippen LogP contribution is 2.46. The van der Waals surface area contributed by atoms with E-state index in [0.29, 0.717) is 48.4 Å². The first-order chi connectivity index (χ1) is 26.9. The summed E-state index contributed by atoms with van der Waals surface area (Å²) in [5, 5.41) is 7.98.